The highest BCUT2D eigenvalue weighted by atomic mass is 32.2. The average molecular weight is 340 g/mol. The molecule has 0 unspecified atom stereocenters. The highest BCUT2D eigenvalue weighted by Crippen LogP contribution is 2.26. The Kier molecular flexibility index (Phi) is 8.05. The van der Waals surface area contributed by atoms with Gasteiger partial charge in [0.15, 0.2) is 5.97 Å². The average Bonchev–Trinajstić information content (AvgIpc) is 2.48. The summed E-state index contributed by atoms with van der Waals surface area (Å²) in [6, 6.07) is 7.09. The molecule has 0 radical (unpaired) electrons. The molecule has 0 bridgehead atoms. The molecule has 2 rings (SSSR count). The number of hydrogen-bond acceptors (Lipinski definition) is 5. The quantitative estimate of drug-likeness (QED) is 0.738. The Bertz CT molecular complexity index is 517. The molecule has 1 aromatic rings. The van der Waals surface area contributed by atoms with Crippen LogP contribution in [-0.4, -0.2) is 46.4 Å². The van der Waals surface area contributed by atoms with Gasteiger partial charge in [-0.05, 0) is 32.9 Å². The van der Waals surface area contributed by atoms with E-state index in [2.05, 4.69) is 44.0 Å². The first-order valence-electron chi connectivity index (χ1n) is 7.68. The molecule has 1 aliphatic rings. The third-order valence-corrected chi connectivity index (χ3v) is 4.99. The Labute approximate surface area is 140 Å². The first-order chi connectivity index (χ1) is 10.8. The molecule has 128 valence electrons. The number of nitrogens with one attached hydrogen (secondary N) is 1. The van der Waals surface area contributed by atoms with Crippen molar-refractivity contribution in [1.82, 2.24) is 4.98 Å². The Morgan fingerprint density at radius 2 is 1.91 bits per heavy atom. The molecular formula is C16H24N2O4S. The van der Waals surface area contributed by atoms with Crippen LogP contribution < -0.4 is 10.0 Å². The fraction of sp³-hybridized carbons (Fsp3) is 0.562. The van der Waals surface area contributed by atoms with Gasteiger partial charge in [0.05, 0.1) is 24.2 Å². The second-order valence-electron chi connectivity index (χ2n) is 5.84. The maximum Gasteiger partial charge on any atom is 0.351 e. The summed E-state index contributed by atoms with van der Waals surface area (Å²) in [5.74, 6) is -4.01. The Morgan fingerprint density at radius 1 is 1.35 bits per heavy atom. The summed E-state index contributed by atoms with van der Waals surface area (Å²) in [5.41, 5.74) is 1.13. The molecule has 1 saturated heterocycles. The smallest absolute Gasteiger partial charge is 0.351 e. The van der Waals surface area contributed by atoms with Crippen LogP contribution in [0.3, 0.4) is 0 Å². The molecule has 7 heteroatoms. The lowest BCUT2D eigenvalue weighted by atomic mass is 10.1. The fourth-order valence-corrected chi connectivity index (χ4v) is 3.58. The minimum atomic E-state index is -2.07. The number of nitrogens with zero attached hydrogens (tertiary/aromatic N) is 1. The number of aromatic nitrogens is 1. The summed E-state index contributed by atoms with van der Waals surface area (Å²) in [6.07, 6.45) is 2.65. The highest BCUT2D eigenvalue weighted by molar-refractivity contribution is 7.99. The van der Waals surface area contributed by atoms with Gasteiger partial charge in [-0.3, -0.25) is 0 Å². The van der Waals surface area contributed by atoms with Crippen molar-refractivity contribution < 1.29 is 24.7 Å². The maximum absolute atomic E-state index is 9.04. The Balaban J connectivity index is 0.000000379. The summed E-state index contributed by atoms with van der Waals surface area (Å²) in [7, 11) is 0. The van der Waals surface area contributed by atoms with Crippen LogP contribution in [0.5, 0.6) is 0 Å². The molecular weight excluding hydrogens is 316 g/mol. The fourth-order valence-electron chi connectivity index (χ4n) is 2.41. The molecule has 0 aliphatic carbocycles. The van der Waals surface area contributed by atoms with Gasteiger partial charge in [-0.1, -0.05) is 6.07 Å². The van der Waals surface area contributed by atoms with Crippen molar-refractivity contribution in [3.8, 4) is 0 Å². The van der Waals surface area contributed by atoms with E-state index in [-0.39, 0.29) is 0 Å². The molecule has 23 heavy (non-hydrogen) atoms. The largest absolute Gasteiger partial charge is 0.539 e. The van der Waals surface area contributed by atoms with Crippen molar-refractivity contribution in [2.24, 2.45) is 0 Å². The lowest BCUT2D eigenvalue weighted by Crippen LogP contribution is -3.16. The number of carbonyl (C=O) groups is 2. The summed E-state index contributed by atoms with van der Waals surface area (Å²) in [4.78, 5) is 24.4. The number of hydrogen-bond donors (Lipinski definition) is 2. The van der Waals surface area contributed by atoms with Crippen LogP contribution >= 0.6 is 11.8 Å². The maximum atomic E-state index is 9.04. The minimum absolute atomic E-state index is 0.770. The van der Waals surface area contributed by atoms with Crippen LogP contribution in [-0.2, 0) is 9.59 Å². The van der Waals surface area contributed by atoms with Crippen molar-refractivity contribution in [2.75, 3.05) is 13.1 Å². The molecule has 2 N–H and O–H groups in total. The number of rotatable bonds is 3. The number of likely N-dealkylation sites (tertiary alicyclic amines) is 1. The number of carboxylic acids is 2. The zero-order valence-electron chi connectivity index (χ0n) is 13.7. The van der Waals surface area contributed by atoms with E-state index in [0.29, 0.717) is 0 Å². The van der Waals surface area contributed by atoms with Gasteiger partial charge in [0.2, 0.25) is 0 Å². The van der Waals surface area contributed by atoms with Gasteiger partial charge in [0.25, 0.3) is 0 Å². The normalized spacial score (nSPS) is 20.5. The molecule has 6 nitrogen and oxygen atoms in total. The number of carbonyl (C=O) groups excluding carboxylic acids is 1. The summed E-state index contributed by atoms with van der Waals surface area (Å²) in [5, 5.41) is 18.3. The predicted molar refractivity (Wildman–Crippen MR) is 86.3 cm³/mol. The van der Waals surface area contributed by atoms with Gasteiger partial charge in [0, 0.05) is 23.8 Å². The third-order valence-electron chi connectivity index (χ3n) is 3.72. The van der Waals surface area contributed by atoms with Gasteiger partial charge in [-0.15, -0.1) is 11.8 Å². The van der Waals surface area contributed by atoms with Crippen LogP contribution in [0.2, 0.25) is 0 Å². The van der Waals surface area contributed by atoms with Crippen molar-refractivity contribution in [3.05, 3.63) is 23.9 Å². The van der Waals surface area contributed by atoms with Crippen LogP contribution in [0.25, 0.3) is 0 Å². The Morgan fingerprint density at radius 3 is 2.35 bits per heavy atom. The first-order valence-corrected chi connectivity index (χ1v) is 8.56. The predicted octanol–water partition coefficient (Wildman–Crippen LogP) is -0.241. The van der Waals surface area contributed by atoms with E-state index in [1.807, 2.05) is 11.8 Å². The van der Waals surface area contributed by atoms with E-state index >= 15 is 0 Å². The molecule has 1 aliphatic heterocycles. The van der Waals surface area contributed by atoms with Crippen molar-refractivity contribution >= 4 is 23.7 Å². The molecule has 0 aromatic carbocycles. The topological polar surface area (TPSA) is 94.8 Å². The van der Waals surface area contributed by atoms with Crippen LogP contribution in [0.1, 0.15) is 32.4 Å². The van der Waals surface area contributed by atoms with Crippen molar-refractivity contribution in [3.63, 3.8) is 0 Å². The van der Waals surface area contributed by atoms with Gasteiger partial charge in [-0.2, -0.15) is 0 Å². The third kappa shape index (κ3) is 7.47. The van der Waals surface area contributed by atoms with Crippen LogP contribution in [0.15, 0.2) is 23.2 Å². The highest BCUT2D eigenvalue weighted by Gasteiger charge is 2.24. The van der Waals surface area contributed by atoms with Gasteiger partial charge >= 0.3 is 5.97 Å². The minimum Gasteiger partial charge on any atom is -0.539 e. The number of pyridine rings is 1. The number of quaternary nitrogens is 1. The standard InChI is InChI=1S/C14H22N2S.C2H2O4/c1-11(2)16-9-7-13(8-10-16)17-14-6-4-5-12(3)15-14;3-1(4)2(5)6/h4-6,11,13H,7-10H2,1-3H3;(H,3,4)(H,5,6). The molecule has 0 spiro atoms. The number of thioether (sulfide) groups is 1. The summed E-state index contributed by atoms with van der Waals surface area (Å²) in [6.45, 7) is 9.35. The number of piperidine rings is 1. The lowest BCUT2D eigenvalue weighted by Gasteiger charge is -2.31. The van der Waals surface area contributed by atoms with E-state index in [0.717, 1.165) is 17.0 Å². The molecule has 1 aromatic heterocycles. The van der Waals surface area contributed by atoms with Crippen LogP contribution in [0.4, 0.5) is 0 Å². The number of aliphatic carboxylic acids is 2. The molecule has 1 fully saturated rings. The van der Waals surface area contributed by atoms with E-state index in [4.69, 9.17) is 19.8 Å². The van der Waals surface area contributed by atoms with E-state index in [1.165, 1.54) is 31.0 Å². The van der Waals surface area contributed by atoms with Crippen LogP contribution in [0, 0.1) is 6.92 Å². The zero-order valence-corrected chi connectivity index (χ0v) is 14.6. The Hall–Kier alpha value is -1.60. The van der Waals surface area contributed by atoms with E-state index in [9.17, 15) is 0 Å². The second kappa shape index (κ2) is 9.52. The molecule has 0 saturated carbocycles. The summed E-state index contributed by atoms with van der Waals surface area (Å²) >= 11 is 1.97. The van der Waals surface area contributed by atoms with Gasteiger partial charge in [-0.25, -0.2) is 9.78 Å². The lowest BCUT2D eigenvalue weighted by molar-refractivity contribution is -0.925. The first kappa shape index (κ1) is 19.4. The molecule has 0 amide bonds. The monoisotopic (exact) mass is 340 g/mol. The van der Waals surface area contributed by atoms with E-state index < -0.39 is 11.9 Å². The second-order valence-corrected chi connectivity index (χ2v) is 7.16. The van der Waals surface area contributed by atoms with Crippen molar-refractivity contribution in [2.45, 2.75) is 49.9 Å². The molecule has 0 atom stereocenters. The summed E-state index contributed by atoms with van der Waals surface area (Å²) < 4.78 is 0. The van der Waals surface area contributed by atoms with E-state index in [1.54, 1.807) is 4.90 Å². The molecule has 2 heterocycles. The number of aryl methyl sites for hydroxylation is 1. The zero-order chi connectivity index (χ0) is 17.4. The van der Waals surface area contributed by atoms with Crippen molar-refractivity contribution in [1.29, 1.82) is 0 Å². The van der Waals surface area contributed by atoms with Gasteiger partial charge in [0.1, 0.15) is 0 Å². The SMILES string of the molecule is Cc1cccc(SC2CC[NH+](C(C)C)CC2)n1.O=C([O-])C(=O)O. The number of carboxylic acid groups (broad SMARTS) is 2. The van der Waals surface area contributed by atoms with Gasteiger partial charge < -0.3 is 19.9 Å².